The summed E-state index contributed by atoms with van der Waals surface area (Å²) in [5, 5.41) is 22.3. The van der Waals surface area contributed by atoms with Crippen molar-refractivity contribution in [3.63, 3.8) is 0 Å². The summed E-state index contributed by atoms with van der Waals surface area (Å²) in [7, 11) is 1.50. The molecule has 3 fully saturated rings. The summed E-state index contributed by atoms with van der Waals surface area (Å²) in [6.45, 7) is 7.19. The first-order valence-electron chi connectivity index (χ1n) is 18.8. The number of aliphatic hydroxyl groups excluding tert-OH is 2. The number of unbranched alkanes of at least 4 members (excludes halogenated alkanes) is 2. The smallest absolute Gasteiger partial charge is 0.345 e. The molecule has 0 spiro atoms. The standard InChI is InChI=1S/C41H55NO6/c1-5-6-7-12-26-13-9-14-27(21-26)29-17-18-30-31(29)22-33-35-25(3)38(40-39(46-4)32(23-43)41(45)48-40)47-34(35)16-10-19-42(33)36(30)37(44)28-15-8-11-24(2)20-28/h8-9,13-16,21,24-25,28-31,33,35-37,43-44H,5-7,10-12,17-20,22-23H2,1-4H3/t24-,25-,28+,29-,30+,31+,33+,35-,36-,37-/m0/s1. The lowest BCUT2D eigenvalue weighted by Crippen LogP contribution is -2.61. The molecule has 0 aromatic heterocycles. The Balaban J connectivity index is 1.26. The first-order valence-corrected chi connectivity index (χ1v) is 18.8. The third-order valence-corrected chi connectivity index (χ3v) is 12.6. The second kappa shape index (κ2) is 14.2. The number of hydrogen-bond acceptors (Lipinski definition) is 7. The number of carbonyl (C=O) groups is 1. The summed E-state index contributed by atoms with van der Waals surface area (Å²) in [4.78, 5) is 15.3. The maximum Gasteiger partial charge on any atom is 0.345 e. The Morgan fingerprint density at radius 2 is 1.96 bits per heavy atom. The van der Waals surface area contributed by atoms with Crippen molar-refractivity contribution in [2.75, 3.05) is 20.3 Å². The van der Waals surface area contributed by atoms with Gasteiger partial charge in [0, 0.05) is 36.4 Å². The normalized spacial score (nSPS) is 36.9. The number of allylic oxidation sites excluding steroid dienone is 2. The number of piperidine rings is 1. The molecule has 4 aliphatic heterocycles. The largest absolute Gasteiger partial charge is 0.492 e. The van der Waals surface area contributed by atoms with Gasteiger partial charge in [-0.3, -0.25) is 4.90 Å². The SMILES string of the molecule is CCCCCc1cccc([C@@H]2CC[C@@H]3[C@@H]2C[C@@H]2[C@H]4C(=CCCN2[C@@H]3[C@@H](O)[C@@H]2C=CC[C@H](C)C2)OC(=C2OC(=O)C(CO)=C2OC)[C@H]4C)c1. The zero-order valence-electron chi connectivity index (χ0n) is 29.3. The fourth-order valence-corrected chi connectivity index (χ4v) is 10.4. The third-order valence-electron chi connectivity index (χ3n) is 12.6. The van der Waals surface area contributed by atoms with Crippen LogP contribution in [-0.2, 0) is 25.4 Å². The Hall–Kier alpha value is -2.87. The highest BCUT2D eigenvalue weighted by atomic mass is 16.6. The van der Waals surface area contributed by atoms with Gasteiger partial charge in [-0.15, -0.1) is 0 Å². The molecule has 0 bridgehead atoms. The van der Waals surface area contributed by atoms with Crippen LogP contribution in [0.3, 0.4) is 0 Å². The number of rotatable bonds is 9. The van der Waals surface area contributed by atoms with E-state index in [0.29, 0.717) is 35.2 Å². The van der Waals surface area contributed by atoms with Gasteiger partial charge >= 0.3 is 5.97 Å². The quantitative estimate of drug-likeness (QED) is 0.165. The van der Waals surface area contributed by atoms with Crippen molar-refractivity contribution in [3.8, 4) is 0 Å². The molecule has 2 N–H and O–H groups in total. The van der Waals surface area contributed by atoms with Crippen molar-refractivity contribution in [2.45, 2.75) is 109 Å². The van der Waals surface area contributed by atoms with E-state index in [0.717, 1.165) is 57.2 Å². The molecule has 7 nitrogen and oxygen atoms in total. The Kier molecular flexibility index (Phi) is 9.92. The molecule has 1 aromatic rings. The summed E-state index contributed by atoms with van der Waals surface area (Å²) in [6.07, 6.45) is 17.6. The third kappa shape index (κ3) is 5.98. The molecule has 48 heavy (non-hydrogen) atoms. The van der Waals surface area contributed by atoms with Crippen LogP contribution in [0, 0.1) is 35.5 Å². The molecular weight excluding hydrogens is 602 g/mol. The highest BCUT2D eigenvalue weighted by Crippen LogP contribution is 2.57. The van der Waals surface area contributed by atoms with Gasteiger partial charge in [0.1, 0.15) is 11.3 Å². The van der Waals surface area contributed by atoms with E-state index in [9.17, 15) is 15.0 Å². The van der Waals surface area contributed by atoms with Crippen molar-refractivity contribution in [1.29, 1.82) is 0 Å². The molecule has 0 radical (unpaired) electrons. The lowest BCUT2D eigenvalue weighted by molar-refractivity contribution is -0.133. The van der Waals surface area contributed by atoms with Crippen LogP contribution in [0.1, 0.15) is 95.6 Å². The topological polar surface area (TPSA) is 88.5 Å². The van der Waals surface area contributed by atoms with E-state index in [-0.39, 0.29) is 41.2 Å². The van der Waals surface area contributed by atoms with Gasteiger partial charge in [-0.1, -0.05) is 70.0 Å². The van der Waals surface area contributed by atoms with Gasteiger partial charge in [-0.2, -0.15) is 0 Å². The summed E-state index contributed by atoms with van der Waals surface area (Å²) in [5.74, 6) is 3.61. The van der Waals surface area contributed by atoms with Gasteiger partial charge in [0.05, 0.1) is 19.8 Å². The monoisotopic (exact) mass is 657 g/mol. The van der Waals surface area contributed by atoms with Crippen molar-refractivity contribution in [2.24, 2.45) is 35.5 Å². The van der Waals surface area contributed by atoms with Crippen molar-refractivity contribution in [3.05, 3.63) is 82.2 Å². The number of aryl methyl sites for hydroxylation is 1. The van der Waals surface area contributed by atoms with Crippen molar-refractivity contribution < 1.29 is 29.2 Å². The Morgan fingerprint density at radius 1 is 1.10 bits per heavy atom. The summed E-state index contributed by atoms with van der Waals surface area (Å²) < 4.78 is 17.9. The van der Waals surface area contributed by atoms with Crippen LogP contribution >= 0.6 is 0 Å². The van der Waals surface area contributed by atoms with Crippen LogP contribution in [0.2, 0.25) is 0 Å². The van der Waals surface area contributed by atoms with E-state index in [1.54, 1.807) is 0 Å². The Labute approximate surface area is 286 Å². The molecule has 4 heterocycles. The van der Waals surface area contributed by atoms with Crippen molar-refractivity contribution >= 4 is 5.97 Å². The average molecular weight is 658 g/mol. The summed E-state index contributed by atoms with van der Waals surface area (Å²) in [5.41, 5.74) is 3.04. The predicted molar refractivity (Wildman–Crippen MR) is 185 cm³/mol. The minimum atomic E-state index is -0.584. The average Bonchev–Trinajstić information content (AvgIpc) is 3.71. The van der Waals surface area contributed by atoms with Crippen LogP contribution in [0.4, 0.5) is 0 Å². The van der Waals surface area contributed by atoms with Crippen molar-refractivity contribution in [1.82, 2.24) is 4.90 Å². The van der Waals surface area contributed by atoms with Gasteiger partial charge in [-0.25, -0.2) is 4.79 Å². The lowest BCUT2D eigenvalue weighted by atomic mass is 9.67. The van der Waals surface area contributed by atoms with E-state index in [1.165, 1.54) is 37.5 Å². The predicted octanol–water partition coefficient (Wildman–Crippen LogP) is 7.17. The number of fused-ring (bicyclic) bond motifs is 4. The zero-order chi connectivity index (χ0) is 33.5. The maximum atomic E-state index is 12.7. The first-order chi connectivity index (χ1) is 23.3. The molecule has 6 aliphatic rings. The van der Waals surface area contributed by atoms with E-state index in [4.69, 9.17) is 14.2 Å². The molecular formula is C41H55NO6. The fourth-order valence-electron chi connectivity index (χ4n) is 10.4. The van der Waals surface area contributed by atoms with E-state index >= 15 is 0 Å². The minimum Gasteiger partial charge on any atom is -0.492 e. The summed E-state index contributed by atoms with van der Waals surface area (Å²) in [6, 6.07) is 9.65. The number of benzene rings is 1. The molecule has 0 unspecified atom stereocenters. The highest BCUT2D eigenvalue weighted by Gasteiger charge is 2.57. The van der Waals surface area contributed by atoms with Gasteiger partial charge in [0.15, 0.2) is 11.5 Å². The second-order valence-corrected chi connectivity index (χ2v) is 15.5. The fraction of sp³-hybridized carbons (Fsp3) is 0.634. The number of cyclic esters (lactones) is 1. The molecule has 10 atom stereocenters. The minimum absolute atomic E-state index is 0.0584. The van der Waals surface area contributed by atoms with Gasteiger partial charge in [0.25, 0.3) is 0 Å². The number of carbonyl (C=O) groups excluding carboxylic acids is 1. The van der Waals surface area contributed by atoms with Crippen LogP contribution < -0.4 is 0 Å². The van der Waals surface area contributed by atoms with Gasteiger partial charge < -0.3 is 24.4 Å². The number of methoxy groups -OCH3 is 1. The second-order valence-electron chi connectivity index (χ2n) is 15.5. The molecule has 260 valence electrons. The van der Waals surface area contributed by atoms with Crippen LogP contribution in [-0.4, -0.2) is 59.5 Å². The Morgan fingerprint density at radius 3 is 2.73 bits per heavy atom. The Bertz CT molecular complexity index is 1490. The molecule has 7 rings (SSSR count). The number of aliphatic hydroxyl groups is 2. The van der Waals surface area contributed by atoms with Gasteiger partial charge in [-0.05, 0) is 92.2 Å². The molecule has 1 aromatic carbocycles. The highest BCUT2D eigenvalue weighted by molar-refractivity contribution is 5.94. The molecule has 7 heteroatoms. The molecule has 1 saturated carbocycles. The van der Waals surface area contributed by atoms with Crippen LogP contribution in [0.5, 0.6) is 0 Å². The van der Waals surface area contributed by atoms with Crippen LogP contribution in [0.15, 0.2) is 71.1 Å². The lowest BCUT2D eigenvalue weighted by Gasteiger charge is -2.53. The number of hydrogen-bond donors (Lipinski definition) is 2. The molecule has 2 aliphatic carbocycles. The first kappa shape index (κ1) is 33.6. The zero-order valence-corrected chi connectivity index (χ0v) is 29.3. The van der Waals surface area contributed by atoms with Crippen LogP contribution in [0.25, 0.3) is 0 Å². The number of esters is 1. The summed E-state index contributed by atoms with van der Waals surface area (Å²) >= 11 is 0. The number of ether oxygens (including phenoxy) is 3. The van der Waals surface area contributed by atoms with Gasteiger partial charge in [0.2, 0.25) is 5.76 Å². The number of nitrogens with zero attached hydrogens (tertiary/aromatic N) is 1. The van der Waals surface area contributed by atoms with E-state index in [2.05, 4.69) is 68.2 Å². The molecule has 0 amide bonds. The molecule has 2 saturated heterocycles. The van der Waals surface area contributed by atoms with E-state index < -0.39 is 18.7 Å². The maximum absolute atomic E-state index is 12.7. The van der Waals surface area contributed by atoms with E-state index in [1.807, 2.05) is 0 Å².